The van der Waals surface area contributed by atoms with Gasteiger partial charge in [0.05, 0.1) is 29.7 Å². The Kier molecular flexibility index (Phi) is 5.87. The molecule has 10 nitrogen and oxygen atoms in total. The first-order valence-corrected chi connectivity index (χ1v) is 12.2. The Hall–Kier alpha value is -3.46. The molecule has 4 heterocycles. The van der Waals surface area contributed by atoms with Crippen molar-refractivity contribution in [1.29, 1.82) is 5.26 Å². The Morgan fingerprint density at radius 1 is 1.19 bits per heavy atom. The summed E-state index contributed by atoms with van der Waals surface area (Å²) in [6, 6.07) is 8.53. The lowest BCUT2D eigenvalue weighted by atomic mass is 9.98. The number of aryl methyl sites for hydroxylation is 1. The number of nitriles is 1. The van der Waals surface area contributed by atoms with Crippen LogP contribution in [0, 0.1) is 17.1 Å². The largest absolute Gasteiger partial charge is 0.370 e. The average Bonchev–Trinajstić information content (AvgIpc) is 3.58. The molecule has 3 aromatic rings. The van der Waals surface area contributed by atoms with Gasteiger partial charge in [0.15, 0.2) is 5.82 Å². The molecule has 1 aliphatic carbocycles. The molecular weight excluding hydrogens is 487 g/mol. The van der Waals surface area contributed by atoms with Gasteiger partial charge in [-0.1, -0.05) is 23.7 Å². The molecular formula is C24H22ClFN8O2. The number of aromatic nitrogens is 5. The van der Waals surface area contributed by atoms with E-state index in [2.05, 4.69) is 25.4 Å². The van der Waals surface area contributed by atoms with E-state index in [0.29, 0.717) is 44.2 Å². The fourth-order valence-corrected chi connectivity index (χ4v) is 5.73. The van der Waals surface area contributed by atoms with Crippen molar-refractivity contribution in [2.75, 3.05) is 32.8 Å². The minimum absolute atomic E-state index is 0.0646. The first-order chi connectivity index (χ1) is 17.5. The molecule has 2 fully saturated rings. The summed E-state index contributed by atoms with van der Waals surface area (Å²) in [5, 5.41) is 20.5. The van der Waals surface area contributed by atoms with Gasteiger partial charge in [0.1, 0.15) is 23.8 Å². The van der Waals surface area contributed by atoms with Crippen LogP contribution in [-0.2, 0) is 16.0 Å². The highest BCUT2D eigenvalue weighted by molar-refractivity contribution is 6.32. The molecule has 3 unspecified atom stereocenters. The monoisotopic (exact) mass is 508 g/mol. The van der Waals surface area contributed by atoms with Gasteiger partial charge in [-0.15, -0.1) is 5.10 Å². The summed E-state index contributed by atoms with van der Waals surface area (Å²) in [7, 11) is 0. The second kappa shape index (κ2) is 9.20. The lowest BCUT2D eigenvalue weighted by Crippen LogP contribution is -2.60. The number of hydrogen-bond acceptors (Lipinski definition) is 8. The second-order valence-corrected chi connectivity index (χ2v) is 9.62. The molecule has 2 saturated heterocycles. The number of amides is 1. The topological polar surface area (TPSA) is 113 Å². The number of pyridine rings is 1. The van der Waals surface area contributed by atoms with Crippen molar-refractivity contribution in [3.63, 3.8) is 0 Å². The summed E-state index contributed by atoms with van der Waals surface area (Å²) in [5.41, 5.74) is 2.34. The van der Waals surface area contributed by atoms with E-state index in [-0.39, 0.29) is 34.6 Å². The molecule has 3 atom stereocenters. The van der Waals surface area contributed by atoms with Crippen molar-refractivity contribution in [2.45, 2.75) is 30.9 Å². The van der Waals surface area contributed by atoms with Crippen molar-refractivity contribution in [1.82, 2.24) is 35.0 Å². The van der Waals surface area contributed by atoms with Gasteiger partial charge >= 0.3 is 0 Å². The number of rotatable bonds is 3. The number of nitrogens with zero attached hydrogens (tertiary/aromatic N) is 8. The maximum absolute atomic E-state index is 13.9. The average molecular weight is 509 g/mol. The number of piperazine rings is 1. The lowest BCUT2D eigenvalue weighted by molar-refractivity contribution is -0.141. The molecule has 0 radical (unpaired) electrons. The lowest BCUT2D eigenvalue weighted by Gasteiger charge is -2.46. The van der Waals surface area contributed by atoms with Crippen molar-refractivity contribution >= 4 is 17.5 Å². The molecule has 12 heteroatoms. The smallest absolute Gasteiger partial charge is 0.230 e. The Morgan fingerprint density at radius 3 is 2.86 bits per heavy atom. The van der Waals surface area contributed by atoms with Gasteiger partial charge in [0.2, 0.25) is 5.91 Å². The van der Waals surface area contributed by atoms with Gasteiger partial charge in [-0.2, -0.15) is 9.94 Å². The number of halogens is 2. The Morgan fingerprint density at radius 2 is 2.06 bits per heavy atom. The zero-order chi connectivity index (χ0) is 24.8. The number of morpholine rings is 1. The van der Waals surface area contributed by atoms with Gasteiger partial charge in [-0.3, -0.25) is 9.69 Å². The van der Waals surface area contributed by atoms with Crippen LogP contribution in [0.5, 0.6) is 0 Å². The predicted molar refractivity (Wildman–Crippen MR) is 125 cm³/mol. The summed E-state index contributed by atoms with van der Waals surface area (Å²) >= 11 is 6.31. The van der Waals surface area contributed by atoms with Crippen LogP contribution in [0.1, 0.15) is 40.8 Å². The Labute approximate surface area is 211 Å². The highest BCUT2D eigenvalue weighted by Gasteiger charge is 2.39. The third-order valence-corrected chi connectivity index (χ3v) is 7.72. The van der Waals surface area contributed by atoms with Gasteiger partial charge in [-0.05, 0) is 41.0 Å². The van der Waals surface area contributed by atoms with E-state index < -0.39 is 5.82 Å². The van der Waals surface area contributed by atoms with E-state index in [1.54, 1.807) is 6.07 Å². The normalized spacial score (nSPS) is 23.7. The quantitative estimate of drug-likeness (QED) is 0.528. The van der Waals surface area contributed by atoms with Crippen molar-refractivity contribution < 1.29 is 13.9 Å². The number of benzene rings is 1. The Balaban J connectivity index is 1.12. The maximum atomic E-state index is 13.9. The third-order valence-electron chi connectivity index (χ3n) is 7.31. The zero-order valence-corrected chi connectivity index (χ0v) is 20.0. The van der Waals surface area contributed by atoms with Crippen LogP contribution in [0.25, 0.3) is 5.82 Å². The molecule has 0 N–H and O–H groups in total. The molecule has 1 aromatic carbocycles. The summed E-state index contributed by atoms with van der Waals surface area (Å²) in [4.78, 5) is 22.4. The highest BCUT2D eigenvalue weighted by atomic mass is 35.5. The van der Waals surface area contributed by atoms with Crippen molar-refractivity contribution in [3.8, 4) is 11.9 Å². The molecule has 184 valence electrons. The highest BCUT2D eigenvalue weighted by Crippen LogP contribution is 2.36. The summed E-state index contributed by atoms with van der Waals surface area (Å²) in [6.45, 7) is 2.89. The number of fused-ring (bicyclic) bond motifs is 2. The Bertz CT molecular complexity index is 1360. The summed E-state index contributed by atoms with van der Waals surface area (Å²) < 4.78 is 21.5. The molecule has 2 aliphatic heterocycles. The third kappa shape index (κ3) is 3.91. The number of tetrazole rings is 1. The molecule has 0 spiro atoms. The van der Waals surface area contributed by atoms with Crippen LogP contribution in [0.4, 0.5) is 4.39 Å². The van der Waals surface area contributed by atoms with Crippen LogP contribution in [0.3, 0.4) is 0 Å². The minimum Gasteiger partial charge on any atom is -0.370 e. The van der Waals surface area contributed by atoms with Crippen LogP contribution >= 0.6 is 11.6 Å². The SMILES string of the molecule is N#Cc1c(F)ccc(C2CN3CCN(C(=O)C4CCc5nc(-n6cnnn6)ccc54)CC3CO2)c1Cl. The zero-order valence-electron chi connectivity index (χ0n) is 19.2. The van der Waals surface area contributed by atoms with Crippen LogP contribution in [0.15, 0.2) is 30.6 Å². The van der Waals surface area contributed by atoms with E-state index in [0.717, 1.165) is 24.1 Å². The summed E-state index contributed by atoms with van der Waals surface area (Å²) in [5.74, 6) is -0.0886. The van der Waals surface area contributed by atoms with E-state index in [4.69, 9.17) is 16.3 Å². The van der Waals surface area contributed by atoms with Gasteiger partial charge < -0.3 is 9.64 Å². The summed E-state index contributed by atoms with van der Waals surface area (Å²) in [6.07, 6.45) is 2.60. The predicted octanol–water partition coefficient (Wildman–Crippen LogP) is 2.04. The molecule has 1 amide bonds. The number of carbonyl (C=O) groups excluding carboxylic acids is 1. The fourth-order valence-electron chi connectivity index (χ4n) is 5.42. The number of ether oxygens (including phenoxy) is 1. The first-order valence-electron chi connectivity index (χ1n) is 11.8. The van der Waals surface area contributed by atoms with Crippen LogP contribution in [-0.4, -0.2) is 79.7 Å². The second-order valence-electron chi connectivity index (χ2n) is 9.24. The van der Waals surface area contributed by atoms with E-state index in [1.165, 1.54) is 17.1 Å². The number of carbonyl (C=O) groups is 1. The van der Waals surface area contributed by atoms with Crippen LogP contribution in [0.2, 0.25) is 5.02 Å². The molecule has 6 rings (SSSR count). The van der Waals surface area contributed by atoms with E-state index in [1.807, 2.05) is 23.1 Å². The molecule has 3 aliphatic rings. The maximum Gasteiger partial charge on any atom is 0.230 e. The number of hydrogen-bond donors (Lipinski definition) is 0. The van der Waals surface area contributed by atoms with Crippen molar-refractivity contribution in [2.24, 2.45) is 0 Å². The molecule has 2 aromatic heterocycles. The van der Waals surface area contributed by atoms with E-state index in [9.17, 15) is 14.4 Å². The van der Waals surface area contributed by atoms with E-state index >= 15 is 0 Å². The standard InChI is InChI=1S/C24H22ClFN8O2/c25-23-17(1-4-19(26)18(23)9-27)21-11-32-7-8-33(10-14(32)12-36-21)24(35)16-2-5-20-15(16)3-6-22(29-20)34-13-28-30-31-34/h1,3-4,6,13-14,16,21H,2,5,7-8,10-12H2. The molecule has 0 saturated carbocycles. The molecule has 0 bridgehead atoms. The van der Waals surface area contributed by atoms with Gasteiger partial charge in [0.25, 0.3) is 0 Å². The van der Waals surface area contributed by atoms with Crippen molar-refractivity contribution in [3.05, 3.63) is 63.8 Å². The molecule has 36 heavy (non-hydrogen) atoms. The van der Waals surface area contributed by atoms with Gasteiger partial charge in [-0.25, -0.2) is 9.37 Å². The first kappa shape index (κ1) is 23.0. The fraction of sp³-hybridized carbons (Fsp3) is 0.417. The van der Waals surface area contributed by atoms with Gasteiger partial charge in [0, 0.05) is 37.4 Å². The van der Waals surface area contributed by atoms with Crippen LogP contribution < -0.4 is 0 Å². The minimum atomic E-state index is -0.637.